The maximum Gasteiger partial charge on any atom is 0.119 e. The summed E-state index contributed by atoms with van der Waals surface area (Å²) in [4.78, 5) is 0.974. The molecule has 0 spiro atoms. The van der Waals surface area contributed by atoms with E-state index in [1.54, 1.807) is 11.3 Å². The molecule has 6 heteroatoms. The Morgan fingerprint density at radius 1 is 1.07 bits per heavy atom. The van der Waals surface area contributed by atoms with Crippen LogP contribution in [0.5, 0.6) is 5.75 Å². The third kappa shape index (κ3) is 3.85. The molecule has 0 unspecified atom stereocenters. The van der Waals surface area contributed by atoms with Crippen molar-refractivity contribution in [2.24, 2.45) is 0 Å². The second-order valence-corrected chi connectivity index (χ2v) is 7.83. The van der Waals surface area contributed by atoms with Gasteiger partial charge in [0.1, 0.15) is 24.6 Å². The van der Waals surface area contributed by atoms with Crippen LogP contribution >= 0.6 is 11.3 Å². The molecular formula is C21H22O5S. The van der Waals surface area contributed by atoms with E-state index in [2.05, 4.69) is 6.07 Å². The lowest BCUT2D eigenvalue weighted by Gasteiger charge is -2.35. The third-order valence-electron chi connectivity index (χ3n) is 4.88. The summed E-state index contributed by atoms with van der Waals surface area (Å²) in [5, 5.41) is 30.5. The first-order valence-electron chi connectivity index (χ1n) is 8.97. The van der Waals surface area contributed by atoms with Gasteiger partial charge in [-0.2, -0.15) is 0 Å². The van der Waals surface area contributed by atoms with Gasteiger partial charge in [-0.15, -0.1) is 11.3 Å². The highest BCUT2D eigenvalue weighted by molar-refractivity contribution is 7.19. The van der Waals surface area contributed by atoms with E-state index in [1.165, 1.54) is 0 Å². The van der Waals surface area contributed by atoms with E-state index < -0.39 is 18.3 Å². The van der Waals surface area contributed by atoms with Gasteiger partial charge in [0.05, 0.1) is 18.8 Å². The fourth-order valence-electron chi connectivity index (χ4n) is 3.39. The summed E-state index contributed by atoms with van der Waals surface area (Å²) in [6, 6.07) is 17.8. The van der Waals surface area contributed by atoms with E-state index >= 15 is 0 Å². The minimum Gasteiger partial charge on any atom is -0.489 e. The Morgan fingerprint density at radius 2 is 1.89 bits per heavy atom. The number of aliphatic hydroxyl groups is 3. The third-order valence-corrected chi connectivity index (χ3v) is 6.07. The fraction of sp³-hybridized carbons (Fsp3) is 0.333. The predicted octanol–water partition coefficient (Wildman–Crippen LogP) is 3.02. The second-order valence-electron chi connectivity index (χ2n) is 6.72. The topological polar surface area (TPSA) is 79.2 Å². The second kappa shape index (κ2) is 7.96. The first kappa shape index (κ1) is 18.4. The van der Waals surface area contributed by atoms with Crippen molar-refractivity contribution < 1.29 is 24.8 Å². The van der Waals surface area contributed by atoms with Crippen molar-refractivity contribution in [2.45, 2.75) is 37.4 Å². The molecule has 27 heavy (non-hydrogen) atoms. The van der Waals surface area contributed by atoms with Crippen LogP contribution in [0.15, 0.2) is 54.6 Å². The maximum absolute atomic E-state index is 10.1. The van der Waals surface area contributed by atoms with Crippen LogP contribution in [0, 0.1) is 0 Å². The Balaban J connectivity index is 1.57. The molecule has 3 aromatic rings. The highest BCUT2D eigenvalue weighted by Gasteiger charge is 2.37. The molecule has 0 bridgehead atoms. The SMILES string of the molecule is OC[C@H]1O[C@@H](c2cc3c(COc4ccccc4)cccc3s2)C[C@@H](O)[C@@H]1O. The fourth-order valence-corrected chi connectivity index (χ4v) is 4.55. The van der Waals surface area contributed by atoms with Gasteiger partial charge in [0.25, 0.3) is 0 Å². The molecular weight excluding hydrogens is 364 g/mol. The van der Waals surface area contributed by atoms with Crippen LogP contribution in [-0.4, -0.2) is 40.2 Å². The Labute approximate surface area is 161 Å². The Bertz CT molecular complexity index is 894. The standard InChI is InChI=1S/C21H22O5S/c22-11-18-21(24)16(23)10-17(26-18)20-9-15-13(5-4-8-19(15)27-20)12-25-14-6-2-1-3-7-14/h1-9,16-18,21-24H,10-12H2/t16-,17-,18-,21+/m1/s1. The summed E-state index contributed by atoms with van der Waals surface area (Å²) in [5.41, 5.74) is 1.08. The van der Waals surface area contributed by atoms with Crippen molar-refractivity contribution in [3.63, 3.8) is 0 Å². The van der Waals surface area contributed by atoms with Gasteiger partial charge in [-0.3, -0.25) is 0 Å². The van der Waals surface area contributed by atoms with Crippen molar-refractivity contribution in [2.75, 3.05) is 6.61 Å². The van der Waals surface area contributed by atoms with Gasteiger partial charge in [-0.25, -0.2) is 0 Å². The monoisotopic (exact) mass is 386 g/mol. The van der Waals surface area contributed by atoms with E-state index in [-0.39, 0.29) is 12.7 Å². The molecule has 4 rings (SSSR count). The summed E-state index contributed by atoms with van der Waals surface area (Å²) in [5.74, 6) is 0.823. The summed E-state index contributed by atoms with van der Waals surface area (Å²) in [6.45, 7) is 0.138. The Hall–Kier alpha value is -1.96. The van der Waals surface area contributed by atoms with E-state index in [1.807, 2.05) is 48.5 Å². The number of thiophene rings is 1. The first-order chi connectivity index (χ1) is 13.2. The van der Waals surface area contributed by atoms with Crippen molar-refractivity contribution in [1.82, 2.24) is 0 Å². The quantitative estimate of drug-likeness (QED) is 0.628. The summed E-state index contributed by atoms with van der Waals surface area (Å²) in [7, 11) is 0. The van der Waals surface area contributed by atoms with Crippen molar-refractivity contribution in [3.8, 4) is 5.75 Å². The van der Waals surface area contributed by atoms with Gasteiger partial charge in [0.15, 0.2) is 0 Å². The number of ether oxygens (including phenoxy) is 2. The summed E-state index contributed by atoms with van der Waals surface area (Å²) < 4.78 is 12.8. The van der Waals surface area contributed by atoms with Gasteiger partial charge in [-0.1, -0.05) is 30.3 Å². The van der Waals surface area contributed by atoms with Gasteiger partial charge in [-0.05, 0) is 35.2 Å². The van der Waals surface area contributed by atoms with E-state index in [0.29, 0.717) is 13.0 Å². The zero-order chi connectivity index (χ0) is 18.8. The van der Waals surface area contributed by atoms with Gasteiger partial charge < -0.3 is 24.8 Å². The number of aliphatic hydroxyl groups excluding tert-OH is 3. The zero-order valence-corrected chi connectivity index (χ0v) is 15.5. The molecule has 142 valence electrons. The van der Waals surface area contributed by atoms with Crippen molar-refractivity contribution >= 4 is 21.4 Å². The lowest BCUT2D eigenvalue weighted by atomic mass is 9.97. The van der Waals surface area contributed by atoms with Crippen LogP contribution < -0.4 is 4.74 Å². The molecule has 2 aromatic carbocycles. The van der Waals surface area contributed by atoms with E-state index in [0.717, 1.165) is 26.3 Å². The smallest absolute Gasteiger partial charge is 0.119 e. The lowest BCUT2D eigenvalue weighted by molar-refractivity contribution is -0.180. The molecule has 0 saturated carbocycles. The normalized spacial score (nSPS) is 25.6. The van der Waals surface area contributed by atoms with Crippen LogP contribution in [-0.2, 0) is 11.3 Å². The van der Waals surface area contributed by atoms with Gasteiger partial charge in [0, 0.05) is 16.0 Å². The van der Waals surface area contributed by atoms with Crippen LogP contribution in [0.1, 0.15) is 23.0 Å². The number of rotatable bonds is 5. The molecule has 1 aliphatic rings. The van der Waals surface area contributed by atoms with Gasteiger partial charge in [0.2, 0.25) is 0 Å². The molecule has 0 amide bonds. The number of para-hydroxylation sites is 1. The first-order valence-corrected chi connectivity index (χ1v) is 9.79. The molecule has 0 aliphatic carbocycles. The summed E-state index contributed by atoms with van der Waals surface area (Å²) in [6.07, 6.45) is -2.78. The molecule has 4 atom stereocenters. The van der Waals surface area contributed by atoms with E-state index in [4.69, 9.17) is 9.47 Å². The van der Waals surface area contributed by atoms with Gasteiger partial charge >= 0.3 is 0 Å². The molecule has 5 nitrogen and oxygen atoms in total. The Kier molecular flexibility index (Phi) is 5.43. The van der Waals surface area contributed by atoms with E-state index in [9.17, 15) is 15.3 Å². The minimum absolute atomic E-state index is 0.306. The van der Waals surface area contributed by atoms with Crippen LogP contribution in [0.3, 0.4) is 0 Å². The average Bonchev–Trinajstić information content (AvgIpc) is 3.14. The van der Waals surface area contributed by atoms with Crippen molar-refractivity contribution in [3.05, 3.63) is 65.0 Å². The van der Waals surface area contributed by atoms with Crippen molar-refractivity contribution in [1.29, 1.82) is 0 Å². The molecule has 3 N–H and O–H groups in total. The molecule has 1 saturated heterocycles. The summed E-state index contributed by atoms with van der Waals surface area (Å²) >= 11 is 1.60. The zero-order valence-electron chi connectivity index (χ0n) is 14.7. The number of benzene rings is 2. The lowest BCUT2D eigenvalue weighted by Crippen LogP contribution is -2.47. The van der Waals surface area contributed by atoms with Crippen LogP contribution in [0.4, 0.5) is 0 Å². The van der Waals surface area contributed by atoms with Crippen LogP contribution in [0.2, 0.25) is 0 Å². The largest absolute Gasteiger partial charge is 0.489 e. The number of fused-ring (bicyclic) bond motifs is 1. The Morgan fingerprint density at radius 3 is 2.67 bits per heavy atom. The van der Waals surface area contributed by atoms with Crippen LogP contribution in [0.25, 0.3) is 10.1 Å². The highest BCUT2D eigenvalue weighted by Crippen LogP contribution is 2.39. The molecule has 1 aromatic heterocycles. The molecule has 1 aliphatic heterocycles. The minimum atomic E-state index is -1.06. The highest BCUT2D eigenvalue weighted by atomic mass is 32.1. The predicted molar refractivity (Wildman–Crippen MR) is 104 cm³/mol. The number of hydrogen-bond donors (Lipinski definition) is 3. The number of hydrogen-bond acceptors (Lipinski definition) is 6. The maximum atomic E-state index is 10.1. The molecule has 1 fully saturated rings. The average molecular weight is 386 g/mol. The molecule has 0 radical (unpaired) electrons. The molecule has 2 heterocycles.